The maximum Gasteiger partial charge on any atom is 0.337 e. The van der Waals surface area contributed by atoms with Gasteiger partial charge in [-0.3, -0.25) is 9.78 Å². The summed E-state index contributed by atoms with van der Waals surface area (Å²) < 4.78 is 1.96. The Kier molecular flexibility index (Phi) is 4.29. The molecule has 1 unspecified atom stereocenters. The number of aromatic nitrogens is 2. The van der Waals surface area contributed by atoms with Crippen LogP contribution in [0.2, 0.25) is 0 Å². The lowest BCUT2D eigenvalue weighted by Gasteiger charge is -2.10. The van der Waals surface area contributed by atoms with Crippen LogP contribution in [0.15, 0.2) is 60.9 Å². The van der Waals surface area contributed by atoms with Gasteiger partial charge in [-0.2, -0.15) is 0 Å². The summed E-state index contributed by atoms with van der Waals surface area (Å²) in [6, 6.07) is 14.0. The van der Waals surface area contributed by atoms with Crippen molar-refractivity contribution in [2.45, 2.75) is 12.6 Å². The van der Waals surface area contributed by atoms with Crippen LogP contribution >= 0.6 is 0 Å². The number of carboxylic acid groups (broad SMARTS) is 1. The van der Waals surface area contributed by atoms with Gasteiger partial charge in [0.25, 0.3) is 0 Å². The molecule has 0 saturated heterocycles. The number of rotatable bonds is 5. The number of benzene rings is 2. The van der Waals surface area contributed by atoms with E-state index in [9.17, 15) is 19.8 Å². The second-order valence-corrected chi connectivity index (χ2v) is 6.49. The third-order valence-corrected chi connectivity index (χ3v) is 4.81. The van der Waals surface area contributed by atoms with Crippen molar-refractivity contribution >= 4 is 33.7 Å². The zero-order valence-corrected chi connectivity index (χ0v) is 14.7. The molecule has 4 rings (SSSR count). The van der Waals surface area contributed by atoms with Crippen LogP contribution in [-0.2, 0) is 11.3 Å². The third-order valence-electron chi connectivity index (χ3n) is 4.81. The summed E-state index contributed by atoms with van der Waals surface area (Å²) in [5, 5.41) is 20.6. The number of pyridine rings is 1. The van der Waals surface area contributed by atoms with Gasteiger partial charge >= 0.3 is 5.97 Å². The topological polar surface area (TPSA) is 118 Å². The summed E-state index contributed by atoms with van der Waals surface area (Å²) in [7, 11) is 0. The molecule has 2 aromatic carbocycles. The number of amides is 1. The molecule has 2 heterocycles. The number of hydrogen-bond donors (Lipinski definition) is 3. The number of aliphatic carboxylic acids is 1. The van der Waals surface area contributed by atoms with Gasteiger partial charge in [-0.25, -0.2) is 4.79 Å². The Morgan fingerprint density at radius 2 is 1.75 bits per heavy atom. The number of nitrogens with zero attached hydrogens (tertiary/aromatic N) is 2. The van der Waals surface area contributed by atoms with Gasteiger partial charge in [-0.1, -0.05) is 24.3 Å². The first-order valence-electron chi connectivity index (χ1n) is 8.62. The van der Waals surface area contributed by atoms with Gasteiger partial charge in [-0.15, -0.1) is 0 Å². The third kappa shape index (κ3) is 2.78. The predicted octanol–water partition coefficient (Wildman–Crippen LogP) is 2.45. The van der Waals surface area contributed by atoms with Gasteiger partial charge in [0.2, 0.25) is 5.91 Å². The van der Waals surface area contributed by atoms with E-state index in [-0.39, 0.29) is 11.1 Å². The summed E-state index contributed by atoms with van der Waals surface area (Å²) in [4.78, 5) is 27.6. The maximum absolute atomic E-state index is 12.1. The van der Waals surface area contributed by atoms with Crippen LogP contribution < -0.4 is 5.73 Å². The van der Waals surface area contributed by atoms with Crippen molar-refractivity contribution in [3.05, 3.63) is 77.6 Å². The van der Waals surface area contributed by atoms with E-state index in [2.05, 4.69) is 4.98 Å². The fraction of sp³-hybridized carbons (Fsp3) is 0.0952. The SMILES string of the molecule is NC(=O)c1cccc2c1c1c(C(O)C(=O)O)cccc1n2Cc1cccnc1. The van der Waals surface area contributed by atoms with Crippen molar-refractivity contribution < 1.29 is 19.8 Å². The van der Waals surface area contributed by atoms with Gasteiger partial charge in [0.15, 0.2) is 6.10 Å². The number of aliphatic hydroxyl groups excluding tert-OH is 1. The molecule has 0 bridgehead atoms. The van der Waals surface area contributed by atoms with Crippen molar-refractivity contribution in [1.82, 2.24) is 9.55 Å². The van der Waals surface area contributed by atoms with Gasteiger partial charge < -0.3 is 20.5 Å². The quantitative estimate of drug-likeness (QED) is 0.495. The average Bonchev–Trinajstić information content (AvgIpc) is 3.02. The Bertz CT molecular complexity index is 1210. The van der Waals surface area contributed by atoms with Crippen LogP contribution in [0, 0.1) is 0 Å². The van der Waals surface area contributed by atoms with Crippen molar-refractivity contribution in [2.24, 2.45) is 5.73 Å². The van der Waals surface area contributed by atoms with Crippen LogP contribution in [0.5, 0.6) is 0 Å². The number of hydrogen-bond acceptors (Lipinski definition) is 4. The minimum Gasteiger partial charge on any atom is -0.479 e. The van der Waals surface area contributed by atoms with Crippen molar-refractivity contribution in [3.63, 3.8) is 0 Å². The molecular weight excluding hydrogens is 358 g/mol. The van der Waals surface area contributed by atoms with Crippen molar-refractivity contribution in [1.29, 1.82) is 0 Å². The van der Waals surface area contributed by atoms with Crippen LogP contribution in [-0.4, -0.2) is 31.6 Å². The monoisotopic (exact) mass is 375 g/mol. The van der Waals surface area contributed by atoms with E-state index in [1.807, 2.05) is 28.8 Å². The minimum absolute atomic E-state index is 0.216. The highest BCUT2D eigenvalue weighted by atomic mass is 16.4. The molecule has 7 heteroatoms. The Hall–Kier alpha value is -3.71. The van der Waals surface area contributed by atoms with Gasteiger partial charge in [-0.05, 0) is 29.8 Å². The van der Waals surface area contributed by atoms with E-state index in [1.54, 1.807) is 36.7 Å². The highest BCUT2D eigenvalue weighted by Crippen LogP contribution is 2.36. The lowest BCUT2D eigenvalue weighted by molar-refractivity contribution is -0.146. The largest absolute Gasteiger partial charge is 0.479 e. The van der Waals surface area contributed by atoms with Crippen LogP contribution in [0.3, 0.4) is 0 Å². The molecule has 0 fully saturated rings. The number of carbonyl (C=O) groups excluding carboxylic acids is 1. The van der Waals surface area contributed by atoms with E-state index < -0.39 is 18.0 Å². The Balaban J connectivity index is 2.12. The maximum atomic E-state index is 12.1. The number of primary amides is 1. The number of carboxylic acids is 1. The molecular formula is C21H17N3O4. The first kappa shape index (κ1) is 17.7. The summed E-state index contributed by atoms with van der Waals surface area (Å²) in [5.74, 6) is -1.98. The molecule has 140 valence electrons. The molecule has 0 aliphatic carbocycles. The second-order valence-electron chi connectivity index (χ2n) is 6.49. The molecule has 0 saturated carbocycles. The highest BCUT2D eigenvalue weighted by Gasteiger charge is 2.24. The van der Waals surface area contributed by atoms with Gasteiger partial charge in [0.1, 0.15) is 0 Å². The predicted molar refractivity (Wildman–Crippen MR) is 104 cm³/mol. The molecule has 2 aromatic heterocycles. The first-order chi connectivity index (χ1) is 13.5. The van der Waals surface area contributed by atoms with E-state index in [1.165, 1.54) is 0 Å². The standard InChI is InChI=1S/C21H17N3O4/c22-20(26)14-6-2-8-16-18(14)17-13(19(25)21(27)28)5-1-7-15(17)24(16)11-12-4-3-9-23-10-12/h1-10,19,25H,11H2,(H2,22,26)(H,27,28). The zero-order valence-electron chi connectivity index (χ0n) is 14.7. The van der Waals surface area contributed by atoms with E-state index in [4.69, 9.17) is 5.73 Å². The molecule has 1 amide bonds. The van der Waals surface area contributed by atoms with Gasteiger partial charge in [0.05, 0.1) is 5.52 Å². The first-order valence-corrected chi connectivity index (χ1v) is 8.62. The zero-order chi connectivity index (χ0) is 19.8. The molecule has 7 nitrogen and oxygen atoms in total. The lowest BCUT2D eigenvalue weighted by atomic mass is 9.99. The number of aliphatic hydroxyl groups is 1. The number of carbonyl (C=O) groups is 2. The summed E-state index contributed by atoms with van der Waals surface area (Å²) in [5.41, 5.74) is 8.44. The van der Waals surface area contributed by atoms with Crippen LogP contribution in [0.4, 0.5) is 0 Å². The van der Waals surface area contributed by atoms with E-state index in [0.717, 1.165) is 11.1 Å². The molecule has 4 aromatic rings. The Morgan fingerprint density at radius 3 is 2.39 bits per heavy atom. The molecule has 4 N–H and O–H groups in total. The Morgan fingerprint density at radius 1 is 1.04 bits per heavy atom. The smallest absolute Gasteiger partial charge is 0.337 e. The Labute approximate surface area is 159 Å². The lowest BCUT2D eigenvalue weighted by Crippen LogP contribution is -2.12. The summed E-state index contributed by atoms with van der Waals surface area (Å²) >= 11 is 0. The van der Waals surface area contributed by atoms with Crippen molar-refractivity contribution in [3.8, 4) is 0 Å². The van der Waals surface area contributed by atoms with Crippen LogP contribution in [0.1, 0.15) is 27.6 Å². The summed E-state index contributed by atoms with van der Waals surface area (Å²) in [6.45, 7) is 0.461. The van der Waals surface area contributed by atoms with Gasteiger partial charge in [0, 0.05) is 46.4 Å². The molecule has 0 aliphatic heterocycles. The number of nitrogens with two attached hydrogens (primary N) is 1. The highest BCUT2D eigenvalue weighted by molar-refractivity contribution is 6.19. The average molecular weight is 375 g/mol. The van der Waals surface area contributed by atoms with E-state index in [0.29, 0.717) is 22.8 Å². The normalized spacial score (nSPS) is 12.3. The molecule has 1 atom stereocenters. The number of fused-ring (bicyclic) bond motifs is 3. The van der Waals surface area contributed by atoms with Crippen LogP contribution in [0.25, 0.3) is 21.8 Å². The fourth-order valence-electron chi connectivity index (χ4n) is 3.62. The summed E-state index contributed by atoms with van der Waals surface area (Å²) in [6.07, 6.45) is 1.70. The second kappa shape index (κ2) is 6.79. The fourth-order valence-corrected chi connectivity index (χ4v) is 3.62. The minimum atomic E-state index is -1.72. The molecule has 0 radical (unpaired) electrons. The molecule has 0 spiro atoms. The van der Waals surface area contributed by atoms with Crippen molar-refractivity contribution in [2.75, 3.05) is 0 Å². The van der Waals surface area contributed by atoms with E-state index >= 15 is 0 Å². The molecule has 0 aliphatic rings. The molecule has 28 heavy (non-hydrogen) atoms.